The Kier molecular flexibility index (Phi) is 4.31. The SMILES string of the molecule is C=C/C=c1/c(CC(O)c2nc(-c3ccc(O)cc3)no2)c[nH]c1=C. The number of aromatic hydroxyl groups is 1. The van der Waals surface area contributed by atoms with Crippen molar-refractivity contribution in [2.45, 2.75) is 12.5 Å². The first kappa shape index (κ1) is 15.8. The van der Waals surface area contributed by atoms with Gasteiger partial charge >= 0.3 is 0 Å². The van der Waals surface area contributed by atoms with Crippen LogP contribution in [0.2, 0.25) is 0 Å². The lowest BCUT2D eigenvalue weighted by Gasteiger charge is -2.03. The molecule has 0 saturated heterocycles. The van der Waals surface area contributed by atoms with Gasteiger partial charge in [0.15, 0.2) is 0 Å². The third-order valence-electron chi connectivity index (χ3n) is 3.64. The van der Waals surface area contributed by atoms with Crippen LogP contribution in [0.4, 0.5) is 0 Å². The number of phenolic OH excluding ortho intramolecular Hbond substituents is 1. The molecule has 0 fully saturated rings. The Morgan fingerprint density at radius 2 is 2.04 bits per heavy atom. The van der Waals surface area contributed by atoms with Gasteiger partial charge in [-0.3, -0.25) is 0 Å². The van der Waals surface area contributed by atoms with Gasteiger partial charge < -0.3 is 19.7 Å². The van der Waals surface area contributed by atoms with Crippen LogP contribution in [-0.4, -0.2) is 25.3 Å². The number of nitrogens with one attached hydrogen (secondary N) is 1. The van der Waals surface area contributed by atoms with E-state index < -0.39 is 6.10 Å². The summed E-state index contributed by atoms with van der Waals surface area (Å²) in [6.07, 6.45) is 4.66. The van der Waals surface area contributed by atoms with Crippen LogP contribution in [0.3, 0.4) is 0 Å². The van der Waals surface area contributed by atoms with Crippen LogP contribution >= 0.6 is 0 Å². The lowest BCUT2D eigenvalue weighted by atomic mass is 10.1. The summed E-state index contributed by atoms with van der Waals surface area (Å²) in [6.45, 7) is 7.58. The Bertz CT molecular complexity index is 954. The fourth-order valence-electron chi connectivity index (χ4n) is 2.41. The molecule has 3 aromatic rings. The zero-order chi connectivity index (χ0) is 17.1. The molecule has 1 atom stereocenters. The lowest BCUT2D eigenvalue weighted by molar-refractivity contribution is 0.134. The molecule has 3 N–H and O–H groups in total. The molecule has 0 spiro atoms. The van der Waals surface area contributed by atoms with Crippen molar-refractivity contribution in [2.75, 3.05) is 0 Å². The number of H-pyrrole nitrogens is 1. The molecule has 2 aromatic heterocycles. The maximum atomic E-state index is 10.4. The summed E-state index contributed by atoms with van der Waals surface area (Å²) in [7, 11) is 0. The maximum absolute atomic E-state index is 10.4. The van der Waals surface area contributed by atoms with Crippen molar-refractivity contribution < 1.29 is 14.7 Å². The van der Waals surface area contributed by atoms with Gasteiger partial charge in [0.2, 0.25) is 5.82 Å². The molecule has 0 bridgehead atoms. The van der Waals surface area contributed by atoms with Crippen molar-refractivity contribution >= 4 is 12.7 Å². The highest BCUT2D eigenvalue weighted by atomic mass is 16.5. The third kappa shape index (κ3) is 3.13. The average Bonchev–Trinajstić information content (AvgIpc) is 3.18. The minimum absolute atomic E-state index is 0.134. The van der Waals surface area contributed by atoms with Crippen molar-refractivity contribution in [1.82, 2.24) is 15.1 Å². The Hall–Kier alpha value is -3.12. The lowest BCUT2D eigenvalue weighted by Crippen LogP contribution is -2.24. The predicted octanol–water partition coefficient (Wildman–Crippen LogP) is 1.42. The summed E-state index contributed by atoms with van der Waals surface area (Å²) in [5, 5.41) is 25.2. The summed E-state index contributed by atoms with van der Waals surface area (Å²) in [6, 6.07) is 6.42. The first-order chi connectivity index (χ1) is 11.6. The Morgan fingerprint density at radius 1 is 1.29 bits per heavy atom. The molecule has 3 rings (SSSR count). The van der Waals surface area contributed by atoms with E-state index in [0.717, 1.165) is 16.1 Å². The number of aliphatic hydroxyl groups is 1. The normalized spacial score (nSPS) is 13.1. The van der Waals surface area contributed by atoms with E-state index in [0.29, 0.717) is 17.8 Å². The molecule has 0 radical (unpaired) electrons. The monoisotopic (exact) mass is 323 g/mol. The minimum atomic E-state index is -0.935. The number of aromatic nitrogens is 3. The van der Waals surface area contributed by atoms with Crippen LogP contribution in [0.1, 0.15) is 17.6 Å². The zero-order valence-electron chi connectivity index (χ0n) is 12.9. The summed E-state index contributed by atoms with van der Waals surface area (Å²) in [4.78, 5) is 7.25. The van der Waals surface area contributed by atoms with E-state index in [4.69, 9.17) is 4.52 Å². The summed E-state index contributed by atoms with van der Waals surface area (Å²) < 4.78 is 5.16. The number of rotatable bonds is 5. The Labute approximate surface area is 138 Å². The van der Waals surface area contributed by atoms with Gasteiger partial charge in [0.25, 0.3) is 5.89 Å². The van der Waals surface area contributed by atoms with Crippen molar-refractivity contribution in [3.8, 4) is 17.1 Å². The van der Waals surface area contributed by atoms with Gasteiger partial charge in [-0.25, -0.2) is 0 Å². The molecule has 1 unspecified atom stereocenters. The highest BCUT2D eigenvalue weighted by molar-refractivity contribution is 5.55. The van der Waals surface area contributed by atoms with Gasteiger partial charge in [-0.15, -0.1) is 0 Å². The average molecular weight is 323 g/mol. The van der Waals surface area contributed by atoms with Crippen molar-refractivity contribution in [2.24, 2.45) is 0 Å². The number of aromatic amines is 1. The fraction of sp³-hybridized carbons (Fsp3) is 0.111. The van der Waals surface area contributed by atoms with Gasteiger partial charge in [0.1, 0.15) is 11.9 Å². The van der Waals surface area contributed by atoms with Crippen molar-refractivity contribution in [3.63, 3.8) is 0 Å². The number of nitrogens with zero attached hydrogens (tertiary/aromatic N) is 2. The molecule has 0 aliphatic carbocycles. The van der Waals surface area contributed by atoms with Gasteiger partial charge in [0.05, 0.1) is 0 Å². The zero-order valence-corrected chi connectivity index (χ0v) is 12.9. The molecule has 6 heteroatoms. The van der Waals surface area contributed by atoms with Crippen LogP contribution < -0.4 is 10.6 Å². The van der Waals surface area contributed by atoms with Gasteiger partial charge in [-0.1, -0.05) is 30.5 Å². The van der Waals surface area contributed by atoms with Gasteiger partial charge in [-0.05, 0) is 29.8 Å². The first-order valence-corrected chi connectivity index (χ1v) is 7.37. The van der Waals surface area contributed by atoms with Crippen LogP contribution in [0.25, 0.3) is 24.0 Å². The minimum Gasteiger partial charge on any atom is -0.508 e. The summed E-state index contributed by atoms with van der Waals surface area (Å²) in [5.41, 5.74) is 1.58. The van der Waals surface area contributed by atoms with Crippen molar-refractivity contribution in [3.05, 3.63) is 65.1 Å². The van der Waals surface area contributed by atoms with E-state index in [1.54, 1.807) is 24.4 Å². The Morgan fingerprint density at radius 3 is 2.75 bits per heavy atom. The van der Waals surface area contributed by atoms with E-state index in [9.17, 15) is 10.2 Å². The van der Waals surface area contributed by atoms with E-state index in [-0.39, 0.29) is 11.6 Å². The number of aliphatic hydroxyl groups excluding tert-OH is 1. The first-order valence-electron chi connectivity index (χ1n) is 7.37. The van der Waals surface area contributed by atoms with Crippen LogP contribution in [0.5, 0.6) is 5.75 Å². The van der Waals surface area contributed by atoms with Gasteiger partial charge in [0, 0.05) is 28.7 Å². The van der Waals surface area contributed by atoms with E-state index >= 15 is 0 Å². The fourth-order valence-corrected chi connectivity index (χ4v) is 2.41. The highest BCUT2D eigenvalue weighted by Crippen LogP contribution is 2.22. The number of phenols is 1. The standard InChI is InChI=1S/C18H17N3O3/c1-3-4-15-11(2)19-10-13(15)9-16(23)18-20-17(21-24-18)12-5-7-14(22)8-6-12/h3-8,10,16,19,22-23H,1-2,9H2/b15-4+. The van der Waals surface area contributed by atoms with E-state index in [1.807, 2.05) is 6.08 Å². The molecule has 122 valence electrons. The van der Waals surface area contributed by atoms with Crippen LogP contribution in [0.15, 0.2) is 47.6 Å². The third-order valence-corrected chi connectivity index (χ3v) is 3.64. The number of hydrogen-bond acceptors (Lipinski definition) is 5. The van der Waals surface area contributed by atoms with Crippen molar-refractivity contribution in [1.29, 1.82) is 0 Å². The Balaban J connectivity index is 1.83. The number of hydrogen-bond donors (Lipinski definition) is 3. The second-order valence-electron chi connectivity index (χ2n) is 5.33. The topological polar surface area (TPSA) is 95.2 Å². The smallest absolute Gasteiger partial charge is 0.256 e. The molecule has 0 amide bonds. The predicted molar refractivity (Wildman–Crippen MR) is 90.3 cm³/mol. The largest absolute Gasteiger partial charge is 0.508 e. The number of allylic oxidation sites excluding steroid dienone is 1. The van der Waals surface area contributed by atoms with E-state index in [2.05, 4.69) is 28.3 Å². The molecular weight excluding hydrogens is 306 g/mol. The van der Waals surface area contributed by atoms with Crippen LogP contribution in [0, 0.1) is 0 Å². The maximum Gasteiger partial charge on any atom is 0.256 e. The van der Waals surface area contributed by atoms with Crippen LogP contribution in [-0.2, 0) is 6.42 Å². The molecular formula is C18H17N3O3. The summed E-state index contributed by atoms with van der Waals surface area (Å²) >= 11 is 0. The molecule has 0 aliphatic rings. The van der Waals surface area contributed by atoms with Gasteiger partial charge in [-0.2, -0.15) is 4.98 Å². The molecule has 0 aliphatic heterocycles. The molecule has 2 heterocycles. The van der Waals surface area contributed by atoms with E-state index in [1.165, 1.54) is 12.1 Å². The quantitative estimate of drug-likeness (QED) is 0.660. The highest BCUT2D eigenvalue weighted by Gasteiger charge is 2.18. The summed E-state index contributed by atoms with van der Waals surface area (Å²) in [5.74, 6) is 0.647. The molecule has 0 saturated carbocycles. The molecule has 1 aromatic carbocycles. The molecule has 6 nitrogen and oxygen atoms in total. The second-order valence-corrected chi connectivity index (χ2v) is 5.33. The number of benzene rings is 1. The second kappa shape index (κ2) is 6.55. The molecule has 24 heavy (non-hydrogen) atoms.